The first-order valence-corrected chi connectivity index (χ1v) is 10.8. The summed E-state index contributed by atoms with van der Waals surface area (Å²) in [4.78, 5) is 12.4. The van der Waals surface area contributed by atoms with Gasteiger partial charge < -0.3 is 19.2 Å². The lowest BCUT2D eigenvalue weighted by Crippen LogP contribution is -2.22. The van der Waals surface area contributed by atoms with Crippen molar-refractivity contribution < 1.29 is 27.1 Å². The van der Waals surface area contributed by atoms with E-state index in [1.165, 1.54) is 24.5 Å². The number of carbonyl (C=O) groups excluding carboxylic acids is 1. The molecule has 0 saturated carbocycles. The Bertz CT molecular complexity index is 1140. The Morgan fingerprint density at radius 1 is 1.00 bits per heavy atom. The molecular weight excluding hydrogens is 408 g/mol. The summed E-state index contributed by atoms with van der Waals surface area (Å²) in [5.74, 6) is 0.582. The largest absolute Gasteiger partial charge is 0.490 e. The maximum absolute atomic E-state index is 12.8. The molecule has 30 heavy (non-hydrogen) atoms. The van der Waals surface area contributed by atoms with E-state index < -0.39 is 10.0 Å². The predicted molar refractivity (Wildman–Crippen MR) is 109 cm³/mol. The lowest BCUT2D eigenvalue weighted by atomic mass is 10.2. The average Bonchev–Trinajstić information content (AvgIpc) is 3.15. The molecule has 0 bridgehead atoms. The van der Waals surface area contributed by atoms with Crippen LogP contribution in [0.5, 0.6) is 11.5 Å². The number of ether oxygens (including phenoxy) is 2. The maximum atomic E-state index is 12.8. The zero-order valence-corrected chi connectivity index (χ0v) is 16.8. The van der Waals surface area contributed by atoms with Crippen molar-refractivity contribution in [3.8, 4) is 11.5 Å². The van der Waals surface area contributed by atoms with Crippen molar-refractivity contribution in [2.75, 3.05) is 17.9 Å². The van der Waals surface area contributed by atoms with Crippen LogP contribution in [-0.2, 0) is 16.6 Å². The summed E-state index contributed by atoms with van der Waals surface area (Å²) >= 11 is 0. The Kier molecular flexibility index (Phi) is 5.62. The molecule has 2 N–H and O–H groups in total. The van der Waals surface area contributed by atoms with Crippen LogP contribution in [0, 0.1) is 0 Å². The van der Waals surface area contributed by atoms with Gasteiger partial charge in [0, 0.05) is 35.8 Å². The highest BCUT2D eigenvalue weighted by Crippen LogP contribution is 2.32. The number of hydrogen-bond acceptors (Lipinski definition) is 6. The van der Waals surface area contributed by atoms with E-state index >= 15 is 0 Å². The number of rotatable bonds is 6. The lowest BCUT2D eigenvalue weighted by Gasteiger charge is -2.12. The molecule has 1 aliphatic rings. The van der Waals surface area contributed by atoms with Crippen molar-refractivity contribution in [2.45, 2.75) is 17.9 Å². The number of anilines is 1. The van der Waals surface area contributed by atoms with Crippen LogP contribution < -0.4 is 19.5 Å². The Hall–Kier alpha value is -3.46. The van der Waals surface area contributed by atoms with Gasteiger partial charge in [-0.2, -0.15) is 0 Å². The Morgan fingerprint density at radius 3 is 2.63 bits per heavy atom. The summed E-state index contributed by atoms with van der Waals surface area (Å²) in [6, 6.07) is 12.5. The molecule has 4 rings (SSSR count). The molecule has 0 spiro atoms. The number of amides is 1. The van der Waals surface area contributed by atoms with Crippen molar-refractivity contribution in [1.29, 1.82) is 0 Å². The molecule has 8 nitrogen and oxygen atoms in total. The monoisotopic (exact) mass is 428 g/mol. The van der Waals surface area contributed by atoms with Crippen molar-refractivity contribution in [3.63, 3.8) is 0 Å². The number of furan rings is 1. The number of nitrogens with one attached hydrogen (secondary N) is 2. The topological polar surface area (TPSA) is 107 Å². The van der Waals surface area contributed by atoms with Gasteiger partial charge in [0.05, 0.1) is 30.6 Å². The first-order chi connectivity index (χ1) is 14.5. The highest BCUT2D eigenvalue weighted by molar-refractivity contribution is 7.92. The molecule has 1 aliphatic heterocycles. The molecule has 2 aromatic carbocycles. The van der Waals surface area contributed by atoms with Gasteiger partial charge in [0.2, 0.25) is 0 Å². The quantitative estimate of drug-likeness (QED) is 0.625. The fourth-order valence-corrected chi connectivity index (χ4v) is 3.99. The van der Waals surface area contributed by atoms with Crippen LogP contribution in [0.1, 0.15) is 22.3 Å². The summed E-state index contributed by atoms with van der Waals surface area (Å²) in [5, 5.41) is 2.76. The van der Waals surface area contributed by atoms with Crippen molar-refractivity contribution >= 4 is 21.6 Å². The van der Waals surface area contributed by atoms with Crippen LogP contribution in [0.4, 0.5) is 5.69 Å². The van der Waals surface area contributed by atoms with E-state index in [1.54, 1.807) is 36.6 Å². The average molecular weight is 428 g/mol. The Morgan fingerprint density at radius 2 is 1.83 bits per heavy atom. The third-order valence-electron chi connectivity index (χ3n) is 4.44. The number of fused-ring (bicyclic) bond motifs is 1. The summed E-state index contributed by atoms with van der Waals surface area (Å²) in [6.45, 7) is 1.29. The lowest BCUT2D eigenvalue weighted by molar-refractivity contribution is 0.0951. The minimum Gasteiger partial charge on any atom is -0.490 e. The van der Waals surface area contributed by atoms with E-state index in [1.807, 2.05) is 0 Å². The third-order valence-corrected chi connectivity index (χ3v) is 5.82. The van der Waals surface area contributed by atoms with Gasteiger partial charge in [-0.1, -0.05) is 6.07 Å². The molecule has 156 valence electrons. The van der Waals surface area contributed by atoms with Gasteiger partial charge >= 0.3 is 0 Å². The Balaban J connectivity index is 1.49. The molecule has 3 aromatic rings. The zero-order chi connectivity index (χ0) is 21.0. The molecule has 0 aliphatic carbocycles. The first-order valence-electron chi connectivity index (χ1n) is 9.33. The second-order valence-corrected chi connectivity index (χ2v) is 8.34. The molecule has 0 fully saturated rings. The number of benzene rings is 2. The molecule has 2 heterocycles. The minimum absolute atomic E-state index is 0.0431. The number of hydrogen-bond donors (Lipinski definition) is 2. The van der Waals surface area contributed by atoms with Gasteiger partial charge in [-0.15, -0.1) is 0 Å². The summed E-state index contributed by atoms with van der Waals surface area (Å²) in [5.41, 5.74) is 1.44. The van der Waals surface area contributed by atoms with E-state index in [0.717, 1.165) is 12.0 Å². The fourth-order valence-electron chi connectivity index (χ4n) is 2.93. The van der Waals surface area contributed by atoms with Gasteiger partial charge in [-0.05, 0) is 36.4 Å². The fraction of sp³-hybridized carbons (Fsp3) is 0.190. The smallest absolute Gasteiger partial charge is 0.262 e. The molecule has 0 saturated heterocycles. The Labute approximate surface area is 173 Å². The van der Waals surface area contributed by atoms with Gasteiger partial charge in [0.25, 0.3) is 15.9 Å². The normalized spacial score (nSPS) is 13.3. The van der Waals surface area contributed by atoms with E-state index in [2.05, 4.69) is 10.0 Å². The molecular formula is C21H20N2O6S. The van der Waals surface area contributed by atoms with E-state index in [9.17, 15) is 13.2 Å². The highest BCUT2D eigenvalue weighted by atomic mass is 32.2. The van der Waals surface area contributed by atoms with Crippen LogP contribution >= 0.6 is 0 Å². The van der Waals surface area contributed by atoms with Crippen molar-refractivity contribution in [3.05, 3.63) is 72.2 Å². The van der Waals surface area contributed by atoms with E-state index in [4.69, 9.17) is 13.9 Å². The first kappa shape index (κ1) is 19.8. The van der Waals surface area contributed by atoms with Crippen LogP contribution in [-0.4, -0.2) is 27.5 Å². The van der Waals surface area contributed by atoms with Gasteiger partial charge in [0.1, 0.15) is 0 Å². The molecule has 1 aromatic heterocycles. The van der Waals surface area contributed by atoms with Gasteiger partial charge in [-0.3, -0.25) is 9.52 Å². The molecule has 0 unspecified atom stereocenters. The van der Waals surface area contributed by atoms with Gasteiger partial charge in [0.15, 0.2) is 11.5 Å². The molecule has 0 radical (unpaired) electrons. The second kappa shape index (κ2) is 8.50. The molecule has 9 heteroatoms. The van der Waals surface area contributed by atoms with Gasteiger partial charge in [-0.25, -0.2) is 8.42 Å². The summed E-state index contributed by atoms with van der Waals surface area (Å²) in [6.07, 6.45) is 3.79. The molecule has 1 amide bonds. The SMILES string of the molecule is O=C(NCc1ccoc1)c1cccc(NS(=O)(=O)c2ccc3c(c2)OCCCO3)c1. The van der Waals surface area contributed by atoms with E-state index in [-0.39, 0.29) is 16.5 Å². The minimum atomic E-state index is -3.88. The standard InChI is InChI=1S/C21H20N2O6S/c24-21(22-13-15-7-10-27-14-15)16-3-1-4-17(11-16)23-30(25,26)18-5-6-19-20(12-18)29-9-2-8-28-19/h1,3-7,10-12,14,23H,2,8-9,13H2,(H,22,24). The number of sulfonamides is 1. The van der Waals surface area contributed by atoms with Crippen molar-refractivity contribution in [1.82, 2.24) is 5.32 Å². The van der Waals surface area contributed by atoms with Crippen LogP contribution in [0.25, 0.3) is 0 Å². The highest BCUT2D eigenvalue weighted by Gasteiger charge is 2.19. The van der Waals surface area contributed by atoms with Crippen molar-refractivity contribution in [2.24, 2.45) is 0 Å². The second-order valence-electron chi connectivity index (χ2n) is 6.66. The maximum Gasteiger partial charge on any atom is 0.262 e. The predicted octanol–water partition coefficient (Wildman–Crippen LogP) is 3.17. The van der Waals surface area contributed by atoms with Crippen LogP contribution in [0.2, 0.25) is 0 Å². The summed E-state index contributed by atoms with van der Waals surface area (Å²) in [7, 11) is -3.88. The number of carbonyl (C=O) groups is 1. The summed E-state index contributed by atoms with van der Waals surface area (Å²) < 4.78 is 44.2. The zero-order valence-electron chi connectivity index (χ0n) is 16.0. The van der Waals surface area contributed by atoms with Crippen LogP contribution in [0.3, 0.4) is 0 Å². The van der Waals surface area contributed by atoms with Crippen LogP contribution in [0.15, 0.2) is 70.4 Å². The van der Waals surface area contributed by atoms with E-state index in [0.29, 0.717) is 36.8 Å². The third kappa shape index (κ3) is 4.57. The molecule has 0 atom stereocenters.